The van der Waals surface area contributed by atoms with E-state index in [9.17, 15) is 18.5 Å². The molecule has 2 N–H and O–H groups in total. The lowest BCUT2D eigenvalue weighted by Crippen LogP contribution is -2.52. The van der Waals surface area contributed by atoms with Gasteiger partial charge in [0.1, 0.15) is 0 Å². The first-order chi connectivity index (χ1) is 15.3. The predicted octanol–water partition coefficient (Wildman–Crippen LogP) is 4.69. The van der Waals surface area contributed by atoms with Gasteiger partial charge < -0.3 is 5.32 Å². The maximum atomic E-state index is 12.9. The van der Waals surface area contributed by atoms with Gasteiger partial charge in [0, 0.05) is 30.3 Å². The van der Waals surface area contributed by atoms with E-state index in [4.69, 9.17) is 0 Å². The number of nitrogens with zero attached hydrogens (tertiary/aromatic N) is 1. The van der Waals surface area contributed by atoms with Crippen molar-refractivity contribution in [2.24, 2.45) is 0 Å². The Morgan fingerprint density at radius 2 is 1.59 bits per heavy atom. The number of nitro groups is 1. The third-order valence-corrected chi connectivity index (χ3v) is 7.69. The van der Waals surface area contributed by atoms with Gasteiger partial charge >= 0.3 is 0 Å². The number of non-ortho nitro benzene ring substituents is 1. The number of benzene rings is 3. The van der Waals surface area contributed by atoms with Crippen molar-refractivity contribution in [3.8, 4) is 0 Å². The van der Waals surface area contributed by atoms with Crippen molar-refractivity contribution in [2.45, 2.75) is 55.6 Å². The van der Waals surface area contributed by atoms with E-state index in [1.165, 1.54) is 40.6 Å². The summed E-state index contributed by atoms with van der Waals surface area (Å²) < 4.78 is 28.7. The van der Waals surface area contributed by atoms with Crippen molar-refractivity contribution >= 4 is 26.5 Å². The van der Waals surface area contributed by atoms with Gasteiger partial charge in [-0.25, -0.2) is 13.1 Å². The van der Waals surface area contributed by atoms with E-state index in [1.807, 2.05) is 18.2 Å². The molecule has 1 saturated carbocycles. The zero-order valence-electron chi connectivity index (χ0n) is 17.9. The SMILES string of the molecule is C[C@@H](N[C@@H]1CCCC[C@H]1NS(=O)(=O)c1ccc([N+](=O)[O-])cc1)c1cccc2ccccc12. The Morgan fingerprint density at radius 1 is 0.938 bits per heavy atom. The minimum absolute atomic E-state index is 0.00876. The van der Waals surface area contributed by atoms with Crippen LogP contribution in [0.1, 0.15) is 44.2 Å². The molecule has 0 aliphatic heterocycles. The first-order valence-electron chi connectivity index (χ1n) is 10.9. The summed E-state index contributed by atoms with van der Waals surface area (Å²) in [7, 11) is -3.78. The number of nitro benzene ring substituents is 1. The summed E-state index contributed by atoms with van der Waals surface area (Å²) in [5.74, 6) is 0. The van der Waals surface area contributed by atoms with Crippen LogP contribution in [0.15, 0.2) is 71.6 Å². The maximum absolute atomic E-state index is 12.9. The van der Waals surface area contributed by atoms with Crippen LogP contribution in [0.2, 0.25) is 0 Å². The van der Waals surface area contributed by atoms with Gasteiger partial charge in [0.2, 0.25) is 10.0 Å². The van der Waals surface area contributed by atoms with Gasteiger partial charge in [-0.05, 0) is 48.2 Å². The van der Waals surface area contributed by atoms with Gasteiger partial charge in [0.25, 0.3) is 5.69 Å². The minimum atomic E-state index is -3.78. The summed E-state index contributed by atoms with van der Waals surface area (Å²) in [6.45, 7) is 2.11. The van der Waals surface area contributed by atoms with Crippen molar-refractivity contribution < 1.29 is 13.3 Å². The number of rotatable bonds is 7. The van der Waals surface area contributed by atoms with E-state index in [-0.39, 0.29) is 28.7 Å². The van der Waals surface area contributed by atoms with E-state index >= 15 is 0 Å². The lowest BCUT2D eigenvalue weighted by molar-refractivity contribution is -0.384. The fraction of sp³-hybridized carbons (Fsp3) is 0.333. The van der Waals surface area contributed by atoms with Crippen LogP contribution in [0.5, 0.6) is 0 Å². The first kappa shape index (κ1) is 22.4. The Balaban J connectivity index is 1.52. The van der Waals surface area contributed by atoms with E-state index in [2.05, 4.69) is 41.2 Å². The van der Waals surface area contributed by atoms with Crippen LogP contribution in [0.3, 0.4) is 0 Å². The van der Waals surface area contributed by atoms with Crippen molar-refractivity contribution in [1.82, 2.24) is 10.0 Å². The van der Waals surface area contributed by atoms with Crippen LogP contribution < -0.4 is 10.0 Å². The molecular formula is C24H27N3O4S. The quantitative estimate of drug-likeness (QED) is 0.399. The van der Waals surface area contributed by atoms with Crippen LogP contribution in [0.25, 0.3) is 10.8 Å². The molecule has 3 atom stereocenters. The first-order valence-corrected chi connectivity index (χ1v) is 12.3. The van der Waals surface area contributed by atoms with Crippen molar-refractivity contribution in [3.63, 3.8) is 0 Å². The highest BCUT2D eigenvalue weighted by Crippen LogP contribution is 2.28. The minimum Gasteiger partial charge on any atom is -0.306 e. The highest BCUT2D eigenvalue weighted by molar-refractivity contribution is 7.89. The van der Waals surface area contributed by atoms with E-state index in [1.54, 1.807) is 0 Å². The molecule has 3 aromatic rings. The molecule has 168 valence electrons. The summed E-state index contributed by atoms with van der Waals surface area (Å²) >= 11 is 0. The molecule has 0 bridgehead atoms. The standard InChI is InChI=1S/C24H27N3O4S/c1-17(21-10-6-8-18-7-2-3-9-22(18)21)25-23-11-4-5-12-24(23)26-32(30,31)20-15-13-19(14-16-20)27(28)29/h2-3,6-10,13-17,23-26H,4-5,11-12H2,1H3/t17-,23-,24-/m1/s1. The number of hydrogen-bond acceptors (Lipinski definition) is 5. The lowest BCUT2D eigenvalue weighted by Gasteiger charge is -2.35. The van der Waals surface area contributed by atoms with E-state index in [0.717, 1.165) is 25.7 Å². The van der Waals surface area contributed by atoms with Crippen molar-refractivity contribution in [3.05, 3.63) is 82.4 Å². The molecular weight excluding hydrogens is 426 g/mol. The van der Waals surface area contributed by atoms with Gasteiger partial charge in [0.05, 0.1) is 9.82 Å². The summed E-state index contributed by atoms with van der Waals surface area (Å²) in [6, 6.07) is 19.3. The topological polar surface area (TPSA) is 101 Å². The molecule has 32 heavy (non-hydrogen) atoms. The molecule has 0 heterocycles. The molecule has 1 aliphatic carbocycles. The number of nitrogens with one attached hydrogen (secondary N) is 2. The van der Waals surface area contributed by atoms with Crippen LogP contribution in [0.4, 0.5) is 5.69 Å². The summed E-state index contributed by atoms with van der Waals surface area (Å²) in [5, 5.41) is 16.9. The number of hydrogen-bond donors (Lipinski definition) is 2. The molecule has 1 aliphatic rings. The fourth-order valence-corrected chi connectivity index (χ4v) is 5.84. The van der Waals surface area contributed by atoms with Gasteiger partial charge in [-0.1, -0.05) is 55.3 Å². The van der Waals surface area contributed by atoms with E-state index in [0.29, 0.717) is 0 Å². The molecule has 0 aromatic heterocycles. The highest BCUT2D eigenvalue weighted by Gasteiger charge is 2.31. The smallest absolute Gasteiger partial charge is 0.269 e. The van der Waals surface area contributed by atoms with Gasteiger partial charge in [-0.2, -0.15) is 0 Å². The second-order valence-electron chi connectivity index (χ2n) is 8.33. The molecule has 8 heteroatoms. The average molecular weight is 454 g/mol. The predicted molar refractivity (Wildman–Crippen MR) is 125 cm³/mol. The van der Waals surface area contributed by atoms with Crippen molar-refractivity contribution in [2.75, 3.05) is 0 Å². The fourth-order valence-electron chi connectivity index (χ4n) is 4.52. The Kier molecular flexibility index (Phi) is 6.55. The van der Waals surface area contributed by atoms with E-state index < -0.39 is 14.9 Å². The zero-order chi connectivity index (χ0) is 22.7. The summed E-state index contributed by atoms with van der Waals surface area (Å²) in [4.78, 5) is 10.3. The Bertz CT molecular complexity index is 1210. The van der Waals surface area contributed by atoms with Crippen molar-refractivity contribution in [1.29, 1.82) is 0 Å². The summed E-state index contributed by atoms with van der Waals surface area (Å²) in [6.07, 6.45) is 3.61. The molecule has 7 nitrogen and oxygen atoms in total. The van der Waals surface area contributed by atoms with Crippen LogP contribution in [0, 0.1) is 10.1 Å². The maximum Gasteiger partial charge on any atom is 0.269 e. The molecule has 3 aromatic carbocycles. The third kappa shape index (κ3) is 4.82. The Hall–Kier alpha value is -2.81. The molecule has 0 radical (unpaired) electrons. The molecule has 0 spiro atoms. The second-order valence-corrected chi connectivity index (χ2v) is 10.0. The highest BCUT2D eigenvalue weighted by atomic mass is 32.2. The summed E-state index contributed by atoms with van der Waals surface area (Å²) in [5.41, 5.74) is 1.05. The average Bonchev–Trinajstić information content (AvgIpc) is 2.80. The second kappa shape index (κ2) is 9.36. The normalized spacial score (nSPS) is 20.2. The van der Waals surface area contributed by atoms with Crippen LogP contribution in [-0.2, 0) is 10.0 Å². The zero-order valence-corrected chi connectivity index (χ0v) is 18.7. The van der Waals surface area contributed by atoms with Crippen LogP contribution in [-0.4, -0.2) is 25.4 Å². The monoisotopic (exact) mass is 453 g/mol. The molecule has 4 rings (SSSR count). The lowest BCUT2D eigenvalue weighted by atomic mass is 9.89. The van der Waals surface area contributed by atoms with Gasteiger partial charge in [-0.15, -0.1) is 0 Å². The number of sulfonamides is 1. The third-order valence-electron chi connectivity index (χ3n) is 6.18. The largest absolute Gasteiger partial charge is 0.306 e. The van der Waals surface area contributed by atoms with Gasteiger partial charge in [-0.3, -0.25) is 10.1 Å². The van der Waals surface area contributed by atoms with Crippen LogP contribution >= 0.6 is 0 Å². The molecule has 1 fully saturated rings. The molecule has 0 amide bonds. The molecule has 0 saturated heterocycles. The number of fused-ring (bicyclic) bond motifs is 1. The molecule has 0 unspecified atom stereocenters. The Labute approximate surface area is 188 Å². The Morgan fingerprint density at radius 3 is 2.31 bits per heavy atom. The van der Waals surface area contributed by atoms with Gasteiger partial charge in [0.15, 0.2) is 0 Å².